The molecule has 0 aromatic carbocycles. The van der Waals surface area contributed by atoms with Gasteiger partial charge in [0.05, 0.1) is 6.54 Å². The number of aromatic nitrogens is 1. The van der Waals surface area contributed by atoms with Crippen molar-refractivity contribution in [3.05, 3.63) is 16.6 Å². The van der Waals surface area contributed by atoms with Crippen molar-refractivity contribution in [2.24, 2.45) is 5.73 Å². The topological polar surface area (TPSA) is 56.0 Å². The molecule has 56 valence electrons. The molecular formula is C5H7ClN2OS. The molecule has 0 radical (unpaired) electrons. The lowest BCUT2D eigenvalue weighted by Crippen LogP contribution is -2.12. The molecule has 0 bridgehead atoms. The molecular weight excluding hydrogens is 172 g/mol. The van der Waals surface area contributed by atoms with Gasteiger partial charge in [-0.3, -0.25) is 4.79 Å². The van der Waals surface area contributed by atoms with Gasteiger partial charge in [-0.25, -0.2) is 4.98 Å². The summed E-state index contributed by atoms with van der Waals surface area (Å²) < 4.78 is 0. The van der Waals surface area contributed by atoms with Crippen molar-refractivity contribution in [3.8, 4) is 0 Å². The Morgan fingerprint density at radius 3 is 2.90 bits per heavy atom. The van der Waals surface area contributed by atoms with Crippen LogP contribution in [0.5, 0.6) is 0 Å². The number of ketones is 1. The molecule has 10 heavy (non-hydrogen) atoms. The Hall–Kier alpha value is -0.450. The molecule has 1 rings (SSSR count). The summed E-state index contributed by atoms with van der Waals surface area (Å²) in [6.45, 7) is 0.0491. The van der Waals surface area contributed by atoms with E-state index in [1.165, 1.54) is 11.3 Å². The van der Waals surface area contributed by atoms with Crippen molar-refractivity contribution in [3.63, 3.8) is 0 Å². The zero-order chi connectivity index (χ0) is 6.69. The molecule has 0 saturated heterocycles. The summed E-state index contributed by atoms with van der Waals surface area (Å²) in [6, 6.07) is 0. The first-order valence-electron chi connectivity index (χ1n) is 2.47. The van der Waals surface area contributed by atoms with Crippen molar-refractivity contribution in [2.75, 3.05) is 6.54 Å². The van der Waals surface area contributed by atoms with E-state index in [0.717, 1.165) is 0 Å². The second-order valence-electron chi connectivity index (χ2n) is 1.46. The molecule has 1 heterocycles. The molecule has 0 aliphatic carbocycles. The van der Waals surface area contributed by atoms with Crippen molar-refractivity contribution in [1.29, 1.82) is 0 Å². The van der Waals surface area contributed by atoms with Gasteiger partial charge in [-0.15, -0.1) is 23.7 Å². The number of hydrogen-bond acceptors (Lipinski definition) is 4. The van der Waals surface area contributed by atoms with Crippen LogP contribution >= 0.6 is 23.7 Å². The van der Waals surface area contributed by atoms with Gasteiger partial charge in [-0.1, -0.05) is 0 Å². The Kier molecular flexibility index (Phi) is 4.18. The molecule has 0 saturated carbocycles. The highest BCUT2D eigenvalue weighted by atomic mass is 35.5. The summed E-state index contributed by atoms with van der Waals surface area (Å²) in [5.41, 5.74) is 5.08. The molecule has 1 aromatic heterocycles. The van der Waals surface area contributed by atoms with E-state index < -0.39 is 0 Å². The molecule has 0 aliphatic rings. The average Bonchev–Trinajstić information content (AvgIpc) is 2.37. The lowest BCUT2D eigenvalue weighted by molar-refractivity contribution is 0.100. The zero-order valence-electron chi connectivity index (χ0n) is 5.11. The summed E-state index contributed by atoms with van der Waals surface area (Å²) in [5.74, 6) is -0.0926. The van der Waals surface area contributed by atoms with Gasteiger partial charge in [0.2, 0.25) is 5.78 Å². The fraction of sp³-hybridized carbons (Fsp3) is 0.200. The normalized spacial score (nSPS) is 8.50. The van der Waals surface area contributed by atoms with E-state index in [1.807, 2.05) is 0 Å². The highest BCUT2D eigenvalue weighted by Gasteiger charge is 2.03. The number of hydrogen-bond donors (Lipinski definition) is 1. The van der Waals surface area contributed by atoms with Crippen LogP contribution in [0.2, 0.25) is 0 Å². The van der Waals surface area contributed by atoms with Crippen molar-refractivity contribution < 1.29 is 4.79 Å². The second-order valence-corrected chi connectivity index (χ2v) is 2.36. The highest BCUT2D eigenvalue weighted by molar-refractivity contribution is 7.11. The van der Waals surface area contributed by atoms with Crippen LogP contribution in [-0.2, 0) is 0 Å². The Balaban J connectivity index is 0.000000810. The fourth-order valence-corrected chi connectivity index (χ4v) is 1.04. The van der Waals surface area contributed by atoms with Crippen LogP contribution in [0.25, 0.3) is 0 Å². The van der Waals surface area contributed by atoms with Gasteiger partial charge in [0.1, 0.15) is 0 Å². The first kappa shape index (κ1) is 9.55. The van der Waals surface area contributed by atoms with Crippen LogP contribution in [-0.4, -0.2) is 17.3 Å². The minimum atomic E-state index is -0.0926. The molecule has 1 aromatic rings. The molecule has 0 spiro atoms. The molecule has 5 heteroatoms. The smallest absolute Gasteiger partial charge is 0.204 e. The maximum atomic E-state index is 10.7. The lowest BCUT2D eigenvalue weighted by Gasteiger charge is -1.85. The third-order valence-electron chi connectivity index (χ3n) is 0.856. The van der Waals surface area contributed by atoms with E-state index in [1.54, 1.807) is 11.6 Å². The predicted octanol–water partition coefficient (Wildman–Crippen LogP) is 0.706. The number of halogens is 1. The van der Waals surface area contributed by atoms with Gasteiger partial charge in [-0.05, 0) is 0 Å². The van der Waals surface area contributed by atoms with Crippen molar-refractivity contribution in [1.82, 2.24) is 4.98 Å². The maximum Gasteiger partial charge on any atom is 0.204 e. The number of Topliss-reactive ketones (excluding diaryl/α,β-unsaturated/α-hetero) is 1. The first-order chi connectivity index (χ1) is 4.34. The average molecular weight is 179 g/mol. The van der Waals surface area contributed by atoms with Crippen LogP contribution in [0.3, 0.4) is 0 Å². The van der Waals surface area contributed by atoms with E-state index in [0.29, 0.717) is 5.01 Å². The van der Waals surface area contributed by atoms with E-state index in [4.69, 9.17) is 5.73 Å². The summed E-state index contributed by atoms with van der Waals surface area (Å²) >= 11 is 1.31. The highest BCUT2D eigenvalue weighted by Crippen LogP contribution is 2.02. The van der Waals surface area contributed by atoms with E-state index in [9.17, 15) is 4.79 Å². The molecule has 2 N–H and O–H groups in total. The zero-order valence-corrected chi connectivity index (χ0v) is 6.74. The molecule has 0 fully saturated rings. The molecule has 0 atom stereocenters. The van der Waals surface area contributed by atoms with Crippen LogP contribution in [0.15, 0.2) is 11.6 Å². The Labute approximate surface area is 68.7 Å². The Morgan fingerprint density at radius 1 is 1.80 bits per heavy atom. The molecule has 3 nitrogen and oxygen atoms in total. The van der Waals surface area contributed by atoms with Crippen LogP contribution in [0.1, 0.15) is 9.80 Å². The van der Waals surface area contributed by atoms with Gasteiger partial charge in [0.15, 0.2) is 5.01 Å². The van der Waals surface area contributed by atoms with Gasteiger partial charge in [-0.2, -0.15) is 0 Å². The van der Waals surface area contributed by atoms with Gasteiger partial charge in [0, 0.05) is 11.6 Å². The third kappa shape index (κ3) is 2.06. The van der Waals surface area contributed by atoms with E-state index in [-0.39, 0.29) is 24.7 Å². The van der Waals surface area contributed by atoms with Crippen LogP contribution < -0.4 is 5.73 Å². The maximum absolute atomic E-state index is 10.7. The molecule has 0 aliphatic heterocycles. The molecule has 0 unspecified atom stereocenters. The molecule has 0 amide bonds. The summed E-state index contributed by atoms with van der Waals surface area (Å²) in [6.07, 6.45) is 1.59. The third-order valence-corrected chi connectivity index (χ3v) is 1.67. The summed E-state index contributed by atoms with van der Waals surface area (Å²) in [5, 5.41) is 2.25. The number of nitrogens with zero attached hydrogens (tertiary/aromatic N) is 1. The largest absolute Gasteiger partial charge is 0.324 e. The van der Waals surface area contributed by atoms with Crippen LogP contribution in [0.4, 0.5) is 0 Å². The van der Waals surface area contributed by atoms with Crippen molar-refractivity contribution >= 4 is 29.5 Å². The van der Waals surface area contributed by atoms with Gasteiger partial charge >= 0.3 is 0 Å². The minimum Gasteiger partial charge on any atom is -0.324 e. The standard InChI is InChI=1S/C5H6N2OS.ClH/c6-3-4(8)5-7-1-2-9-5;/h1-2H,3,6H2;1H. The SMILES string of the molecule is Cl.NCC(=O)c1nccs1. The second kappa shape index (κ2) is 4.38. The Morgan fingerprint density at radius 2 is 2.50 bits per heavy atom. The number of carbonyl (C=O) groups is 1. The summed E-state index contributed by atoms with van der Waals surface area (Å²) in [4.78, 5) is 14.5. The number of thiazole rings is 1. The fourth-order valence-electron chi connectivity index (χ4n) is 0.448. The number of rotatable bonds is 2. The number of carbonyl (C=O) groups excluding carboxylic acids is 1. The van der Waals surface area contributed by atoms with E-state index in [2.05, 4.69) is 4.98 Å². The quantitative estimate of drug-likeness (QED) is 0.679. The van der Waals surface area contributed by atoms with E-state index >= 15 is 0 Å². The first-order valence-corrected chi connectivity index (χ1v) is 3.35. The number of nitrogens with two attached hydrogens (primary N) is 1. The van der Waals surface area contributed by atoms with Crippen molar-refractivity contribution in [2.45, 2.75) is 0 Å². The van der Waals surface area contributed by atoms with Crippen LogP contribution in [0, 0.1) is 0 Å². The van der Waals surface area contributed by atoms with Gasteiger partial charge in [0.25, 0.3) is 0 Å². The monoisotopic (exact) mass is 178 g/mol. The Bertz CT molecular complexity index is 199. The lowest BCUT2D eigenvalue weighted by atomic mass is 10.4. The van der Waals surface area contributed by atoms with Gasteiger partial charge < -0.3 is 5.73 Å². The minimum absolute atomic E-state index is 0. The summed E-state index contributed by atoms with van der Waals surface area (Å²) in [7, 11) is 0. The predicted molar refractivity (Wildman–Crippen MR) is 42.7 cm³/mol.